The Hall–Kier alpha value is -4.51. The third kappa shape index (κ3) is 5.10. The molecule has 11 nitrogen and oxygen atoms in total. The molecule has 0 spiro atoms. The number of methoxy groups -OCH3 is 1. The molecule has 1 unspecified atom stereocenters. The Morgan fingerprint density at radius 1 is 1.19 bits per heavy atom. The summed E-state index contributed by atoms with van der Waals surface area (Å²) in [6.07, 6.45) is 0. The van der Waals surface area contributed by atoms with E-state index in [-0.39, 0.29) is 23.0 Å². The molecule has 2 heterocycles. The number of likely N-dealkylation sites (N-methyl/N-ethyl adjacent to an activating group) is 1. The maximum Gasteiger partial charge on any atom is 0.336 e. The molecule has 11 heteroatoms. The normalized spacial score (nSPS) is 19.4. The average molecular weight is 491 g/mol. The van der Waals surface area contributed by atoms with Gasteiger partial charge < -0.3 is 15.3 Å². The second-order valence-corrected chi connectivity index (χ2v) is 8.41. The number of rotatable bonds is 7. The molecule has 0 saturated carbocycles. The molecule has 3 N–H and O–H groups in total. The fraction of sp³-hybridized carbons (Fsp3) is 0.240. The lowest BCUT2D eigenvalue weighted by atomic mass is 9.81. The number of allylic oxidation sites excluding steroid dienone is 1. The third-order valence-corrected chi connectivity index (χ3v) is 5.80. The van der Waals surface area contributed by atoms with Crippen LogP contribution in [-0.2, 0) is 20.9 Å². The summed E-state index contributed by atoms with van der Waals surface area (Å²) >= 11 is 0. The average Bonchev–Trinajstić information content (AvgIpc) is 3.31. The van der Waals surface area contributed by atoms with Crippen molar-refractivity contribution in [2.45, 2.75) is 19.4 Å². The number of nitrogens with one attached hydrogen (secondary N) is 1. The molecule has 4 rings (SSSR count). The summed E-state index contributed by atoms with van der Waals surface area (Å²) in [5.41, 5.74) is 11.5. The first kappa shape index (κ1) is 24.6. The lowest BCUT2D eigenvalue weighted by molar-refractivity contribution is -0.384. The van der Waals surface area contributed by atoms with Gasteiger partial charge in [0.1, 0.15) is 5.84 Å². The van der Waals surface area contributed by atoms with Crippen LogP contribution in [0.2, 0.25) is 0 Å². The molecule has 0 aliphatic carbocycles. The molecule has 0 aromatic heterocycles. The first-order chi connectivity index (χ1) is 17.3. The molecule has 0 radical (unpaired) electrons. The third-order valence-electron chi connectivity index (χ3n) is 5.80. The number of aliphatic imine (C=N–C) groups is 2. The zero-order valence-electron chi connectivity index (χ0n) is 20.1. The summed E-state index contributed by atoms with van der Waals surface area (Å²) in [6, 6.07) is 16.0. The topological polar surface area (TPSA) is 145 Å². The summed E-state index contributed by atoms with van der Waals surface area (Å²) in [5, 5.41) is 11.4. The van der Waals surface area contributed by atoms with Crippen molar-refractivity contribution in [1.82, 2.24) is 10.4 Å². The van der Waals surface area contributed by atoms with Gasteiger partial charge in [0.05, 0.1) is 41.3 Å². The second-order valence-electron chi connectivity index (χ2n) is 8.41. The minimum atomic E-state index is -0.836. The highest BCUT2D eigenvalue weighted by Gasteiger charge is 2.38. The number of nitrogens with zero attached hydrogens (tertiary/aromatic N) is 4. The van der Waals surface area contributed by atoms with E-state index >= 15 is 0 Å². The number of hydrogen-bond donors (Lipinski definition) is 2. The largest absolute Gasteiger partial charge is 0.466 e. The van der Waals surface area contributed by atoms with E-state index in [1.54, 1.807) is 19.1 Å². The lowest BCUT2D eigenvalue weighted by Crippen LogP contribution is -2.32. The highest BCUT2D eigenvalue weighted by molar-refractivity contribution is 6.06. The zero-order valence-corrected chi connectivity index (χ0v) is 20.1. The van der Waals surface area contributed by atoms with Crippen molar-refractivity contribution >= 4 is 23.3 Å². The quantitative estimate of drug-likeness (QED) is 0.342. The van der Waals surface area contributed by atoms with Crippen molar-refractivity contribution in [1.29, 1.82) is 0 Å². The van der Waals surface area contributed by atoms with Crippen LogP contribution in [0.3, 0.4) is 0 Å². The molecule has 0 amide bonds. The molecule has 2 aromatic carbocycles. The van der Waals surface area contributed by atoms with Crippen LogP contribution in [0.4, 0.5) is 5.69 Å². The van der Waals surface area contributed by atoms with E-state index in [0.29, 0.717) is 35.8 Å². The Balaban J connectivity index is 1.73. The van der Waals surface area contributed by atoms with E-state index in [4.69, 9.17) is 15.3 Å². The molecule has 2 aliphatic heterocycles. The number of nitro groups is 1. The Bertz CT molecular complexity index is 1320. The van der Waals surface area contributed by atoms with E-state index in [0.717, 1.165) is 5.56 Å². The molecule has 2 aromatic rings. The fourth-order valence-electron chi connectivity index (χ4n) is 4.23. The Labute approximate surface area is 207 Å². The first-order valence-corrected chi connectivity index (χ1v) is 11.1. The van der Waals surface area contributed by atoms with Gasteiger partial charge in [-0.1, -0.05) is 42.5 Å². The van der Waals surface area contributed by atoms with Gasteiger partial charge in [-0.3, -0.25) is 15.0 Å². The van der Waals surface area contributed by atoms with Crippen LogP contribution < -0.4 is 11.2 Å². The van der Waals surface area contributed by atoms with Crippen LogP contribution in [0.1, 0.15) is 24.0 Å². The number of carbonyl (C=O) groups excluding carboxylic acids is 1. The Morgan fingerprint density at radius 2 is 1.94 bits per heavy atom. The van der Waals surface area contributed by atoms with E-state index in [2.05, 4.69) is 20.4 Å². The van der Waals surface area contributed by atoms with Crippen molar-refractivity contribution in [3.63, 3.8) is 0 Å². The number of benzene rings is 2. The predicted octanol–water partition coefficient (Wildman–Crippen LogP) is 2.77. The van der Waals surface area contributed by atoms with Gasteiger partial charge in [0.15, 0.2) is 5.84 Å². The van der Waals surface area contributed by atoms with Crippen molar-refractivity contribution < 1.29 is 19.3 Å². The van der Waals surface area contributed by atoms with Crippen LogP contribution >= 0.6 is 0 Å². The maximum absolute atomic E-state index is 12.8. The molecular formula is C25H26N6O5. The van der Waals surface area contributed by atoms with Gasteiger partial charge in [-0.25, -0.2) is 15.3 Å². The minimum absolute atomic E-state index is 0.0936. The van der Waals surface area contributed by atoms with Crippen molar-refractivity contribution in [2.75, 3.05) is 20.7 Å². The molecule has 186 valence electrons. The fourth-order valence-corrected chi connectivity index (χ4v) is 4.23. The van der Waals surface area contributed by atoms with Crippen molar-refractivity contribution in [2.24, 2.45) is 15.7 Å². The van der Waals surface area contributed by atoms with Gasteiger partial charge >= 0.3 is 5.97 Å². The van der Waals surface area contributed by atoms with Gasteiger partial charge in [0.2, 0.25) is 0 Å². The van der Waals surface area contributed by atoms with Gasteiger partial charge in [-0.15, -0.1) is 0 Å². The number of hydroxylamine groups is 1. The van der Waals surface area contributed by atoms with Gasteiger partial charge in [0, 0.05) is 18.7 Å². The number of nitro benzene ring substituents is 1. The molecule has 1 atom stereocenters. The van der Waals surface area contributed by atoms with E-state index in [1.807, 2.05) is 37.4 Å². The highest BCUT2D eigenvalue weighted by atomic mass is 16.7. The number of non-ortho nitro benzene ring substituents is 1. The van der Waals surface area contributed by atoms with Crippen LogP contribution in [0.5, 0.6) is 0 Å². The number of amidine groups is 2. The first-order valence-electron chi connectivity index (χ1n) is 11.1. The summed E-state index contributed by atoms with van der Waals surface area (Å²) < 4.78 is 5.00. The van der Waals surface area contributed by atoms with E-state index in [1.165, 1.54) is 19.2 Å². The number of ether oxygens (including phenoxy) is 1. The number of hydrogen-bond acceptors (Lipinski definition) is 10. The van der Waals surface area contributed by atoms with Crippen LogP contribution in [0.25, 0.3) is 0 Å². The highest BCUT2D eigenvalue weighted by Crippen LogP contribution is 2.41. The van der Waals surface area contributed by atoms with Crippen LogP contribution in [0.15, 0.2) is 87.3 Å². The van der Waals surface area contributed by atoms with E-state index < -0.39 is 16.8 Å². The Kier molecular flexibility index (Phi) is 7.11. The van der Waals surface area contributed by atoms with Crippen molar-refractivity contribution in [3.8, 4) is 0 Å². The summed E-state index contributed by atoms with van der Waals surface area (Å²) in [6.45, 7) is 2.77. The summed E-state index contributed by atoms with van der Waals surface area (Å²) in [5.74, 6) is -0.707. The second kappa shape index (κ2) is 10.4. The molecule has 2 aliphatic rings. The number of nitrogens with two attached hydrogens (primary N) is 1. The minimum Gasteiger partial charge on any atom is -0.466 e. The molecule has 36 heavy (non-hydrogen) atoms. The van der Waals surface area contributed by atoms with Crippen molar-refractivity contribution in [3.05, 3.63) is 98.6 Å². The standard InChI is InChI=1S/C25H26N6O5/c1-15-20(25(32)35-3)21(17-10-7-11-18(12-17)31(33)34)22(23(26)27-15)24-28-19(29-36-24)14-30(2)13-16-8-5-4-6-9-16/h4-12,21H,13-14H2,1-3H3,(H2,26,27)(H,28,29). The predicted molar refractivity (Wildman–Crippen MR) is 134 cm³/mol. The van der Waals surface area contributed by atoms with Gasteiger partial charge in [0.25, 0.3) is 11.6 Å². The molecule has 0 bridgehead atoms. The lowest BCUT2D eigenvalue weighted by Gasteiger charge is -2.27. The Morgan fingerprint density at radius 3 is 2.64 bits per heavy atom. The van der Waals surface area contributed by atoms with Crippen LogP contribution in [-0.4, -0.2) is 48.2 Å². The molecule has 0 saturated heterocycles. The maximum atomic E-state index is 12.8. The molecule has 0 fully saturated rings. The smallest absolute Gasteiger partial charge is 0.336 e. The van der Waals surface area contributed by atoms with E-state index in [9.17, 15) is 14.9 Å². The zero-order chi connectivity index (χ0) is 25.8. The monoisotopic (exact) mass is 490 g/mol. The SMILES string of the molecule is COC(=O)C1=C(C)N=C(N)C(=C2N=C(CN(C)Cc3ccccc3)NO2)C1c1cccc([N+](=O)[O-])c1. The number of carbonyl (C=O) groups is 1. The van der Waals surface area contributed by atoms with Gasteiger partial charge in [-0.05, 0) is 25.1 Å². The summed E-state index contributed by atoms with van der Waals surface area (Å²) in [7, 11) is 3.21. The molecular weight excluding hydrogens is 464 g/mol. The van der Waals surface area contributed by atoms with Gasteiger partial charge in [-0.2, -0.15) is 4.99 Å². The van der Waals surface area contributed by atoms with Crippen LogP contribution in [0, 0.1) is 10.1 Å². The number of esters is 1. The summed E-state index contributed by atoms with van der Waals surface area (Å²) in [4.78, 5) is 40.4.